The van der Waals surface area contributed by atoms with Crippen molar-refractivity contribution in [3.63, 3.8) is 0 Å². The normalized spacial score (nSPS) is 13.5. The van der Waals surface area contributed by atoms with Gasteiger partial charge in [-0.2, -0.15) is 0 Å². The molecule has 0 saturated carbocycles. The molecule has 0 aromatic rings. The SMILES string of the molecule is CC/C=C\C/C=C\C/C=C\C/C=C\C/C=C\C/C=C\C/C=C\C/C=C\CCCCC(=O)OCC(COC(=O)CCCCCCC/C=C\CCC)OC(=O)C/C=C\C/C=C\C/C=C\C/C=C\C/C=C\CC. The van der Waals surface area contributed by atoms with E-state index in [0.29, 0.717) is 19.3 Å². The molecule has 388 valence electrons. The molecular formula is C64H96O6. The Morgan fingerprint density at radius 1 is 0.314 bits per heavy atom. The van der Waals surface area contributed by atoms with Crippen molar-refractivity contribution in [2.24, 2.45) is 0 Å². The average molecular weight is 961 g/mol. The van der Waals surface area contributed by atoms with Crippen LogP contribution in [0.1, 0.15) is 194 Å². The molecule has 0 aliphatic rings. The van der Waals surface area contributed by atoms with Crippen LogP contribution in [-0.2, 0) is 28.6 Å². The minimum absolute atomic E-state index is 0.0765. The largest absolute Gasteiger partial charge is 0.462 e. The van der Waals surface area contributed by atoms with Crippen LogP contribution in [0, 0.1) is 0 Å². The summed E-state index contributed by atoms with van der Waals surface area (Å²) in [5.74, 6) is -1.15. The molecule has 1 unspecified atom stereocenters. The number of unbranched alkanes of at least 4 members (excludes halogenated alkanes) is 8. The van der Waals surface area contributed by atoms with Crippen molar-refractivity contribution < 1.29 is 28.6 Å². The maximum absolute atomic E-state index is 12.7. The van der Waals surface area contributed by atoms with Gasteiger partial charge in [0.05, 0.1) is 6.42 Å². The molecule has 6 heteroatoms. The molecule has 0 amide bonds. The van der Waals surface area contributed by atoms with Crippen molar-refractivity contribution in [1.29, 1.82) is 0 Å². The van der Waals surface area contributed by atoms with Crippen LogP contribution in [0.2, 0.25) is 0 Å². The Balaban J connectivity index is 4.51. The van der Waals surface area contributed by atoms with Gasteiger partial charge in [0.15, 0.2) is 6.10 Å². The number of hydrogen-bond acceptors (Lipinski definition) is 6. The number of allylic oxidation sites excluding steroid dienone is 27. The van der Waals surface area contributed by atoms with Gasteiger partial charge in [-0.3, -0.25) is 14.4 Å². The predicted octanol–water partition coefficient (Wildman–Crippen LogP) is 18.4. The highest BCUT2D eigenvalue weighted by Crippen LogP contribution is 2.11. The number of hydrogen-bond donors (Lipinski definition) is 0. The monoisotopic (exact) mass is 961 g/mol. The summed E-state index contributed by atoms with van der Waals surface area (Å²) < 4.78 is 16.6. The Hall–Kier alpha value is -5.23. The number of carbonyl (C=O) groups is 3. The Bertz CT molecular complexity index is 1670. The maximum atomic E-state index is 12.7. The Labute approximate surface area is 428 Å². The van der Waals surface area contributed by atoms with E-state index >= 15 is 0 Å². The van der Waals surface area contributed by atoms with Gasteiger partial charge < -0.3 is 14.2 Å². The van der Waals surface area contributed by atoms with Crippen LogP contribution in [0.3, 0.4) is 0 Å². The molecule has 0 fully saturated rings. The summed E-state index contributed by atoms with van der Waals surface area (Å²) in [4.78, 5) is 37.9. The summed E-state index contributed by atoms with van der Waals surface area (Å²) in [5.41, 5.74) is 0. The molecule has 0 radical (unpaired) electrons. The van der Waals surface area contributed by atoms with Crippen molar-refractivity contribution in [1.82, 2.24) is 0 Å². The maximum Gasteiger partial charge on any atom is 0.310 e. The van der Waals surface area contributed by atoms with E-state index in [2.05, 4.69) is 179 Å². The minimum Gasteiger partial charge on any atom is -0.462 e. The number of ether oxygens (including phenoxy) is 3. The zero-order valence-electron chi connectivity index (χ0n) is 44.2. The van der Waals surface area contributed by atoms with E-state index in [-0.39, 0.29) is 38.0 Å². The van der Waals surface area contributed by atoms with Gasteiger partial charge in [0.1, 0.15) is 13.2 Å². The number of esters is 3. The lowest BCUT2D eigenvalue weighted by Gasteiger charge is -2.18. The summed E-state index contributed by atoms with van der Waals surface area (Å²) in [5, 5.41) is 0. The summed E-state index contributed by atoms with van der Waals surface area (Å²) in [6.07, 6.45) is 83.8. The standard InChI is InChI=1S/C64H96O6/c1-4-7-10-13-16-19-22-24-26-27-28-29-30-31-32-33-34-35-36-37-39-40-42-45-48-51-54-57-63(66)69-60-61(59-68-62(65)56-53-50-47-44-21-18-15-12-9-6-3)70-64(67)58-55-52-49-46-43-41-38-25-23-20-17-14-11-8-5-2/h7-8,10-12,15-17,19-20,24-26,28-29,31-32,34-35,37-39,42-43,45-46,52,55,61H,4-6,9,13-14,18,21-23,27,30,33,36,40-41,44,47-51,53-54,56-60H2,1-3H3/b10-7-,11-8-,15-12-,19-16-,20-17-,26-24-,29-28-,32-31-,35-34-,38-25-,39-37-,45-42-,46-43-,55-52-. The van der Waals surface area contributed by atoms with Crippen LogP contribution >= 0.6 is 0 Å². The van der Waals surface area contributed by atoms with Gasteiger partial charge in [-0.05, 0) is 128 Å². The molecule has 0 aromatic carbocycles. The van der Waals surface area contributed by atoms with Crippen molar-refractivity contribution in [3.05, 3.63) is 170 Å². The molecule has 0 rings (SSSR count). The van der Waals surface area contributed by atoms with Gasteiger partial charge in [0, 0.05) is 12.8 Å². The fourth-order valence-electron chi connectivity index (χ4n) is 6.47. The van der Waals surface area contributed by atoms with E-state index < -0.39 is 12.1 Å². The van der Waals surface area contributed by atoms with Gasteiger partial charge in [0.25, 0.3) is 0 Å². The van der Waals surface area contributed by atoms with Crippen molar-refractivity contribution in [3.8, 4) is 0 Å². The zero-order chi connectivity index (χ0) is 50.7. The molecule has 70 heavy (non-hydrogen) atoms. The molecule has 0 heterocycles. The molecular weight excluding hydrogens is 865 g/mol. The molecule has 0 aliphatic heterocycles. The molecule has 1 atom stereocenters. The molecule has 0 spiro atoms. The third-order valence-corrected chi connectivity index (χ3v) is 10.5. The number of rotatable bonds is 46. The molecule has 0 aromatic heterocycles. The average Bonchev–Trinajstić information content (AvgIpc) is 3.36. The van der Waals surface area contributed by atoms with Crippen LogP contribution in [0.5, 0.6) is 0 Å². The Kier molecular flexibility index (Phi) is 52.1. The molecule has 0 N–H and O–H groups in total. The lowest BCUT2D eigenvalue weighted by atomic mass is 10.1. The highest BCUT2D eigenvalue weighted by molar-refractivity contribution is 5.72. The Morgan fingerprint density at radius 3 is 0.986 bits per heavy atom. The lowest BCUT2D eigenvalue weighted by Crippen LogP contribution is -2.30. The molecule has 0 saturated heterocycles. The van der Waals surface area contributed by atoms with Crippen LogP contribution < -0.4 is 0 Å². The second kappa shape index (κ2) is 56.4. The highest BCUT2D eigenvalue weighted by Gasteiger charge is 2.19. The van der Waals surface area contributed by atoms with E-state index in [1.165, 1.54) is 6.42 Å². The smallest absolute Gasteiger partial charge is 0.310 e. The van der Waals surface area contributed by atoms with Gasteiger partial charge in [-0.1, -0.05) is 217 Å². The van der Waals surface area contributed by atoms with Crippen LogP contribution in [-0.4, -0.2) is 37.2 Å². The third kappa shape index (κ3) is 53.7. The first kappa shape index (κ1) is 64.8. The number of carbonyl (C=O) groups excluding carboxylic acids is 3. The summed E-state index contributed by atoms with van der Waals surface area (Å²) in [7, 11) is 0. The van der Waals surface area contributed by atoms with Crippen molar-refractivity contribution in [2.75, 3.05) is 13.2 Å². The van der Waals surface area contributed by atoms with E-state index in [0.717, 1.165) is 135 Å². The second-order valence-corrected chi connectivity index (χ2v) is 17.0. The molecule has 0 aliphatic carbocycles. The first-order valence-electron chi connectivity index (χ1n) is 27.1. The van der Waals surface area contributed by atoms with Crippen LogP contribution in [0.15, 0.2) is 170 Å². The van der Waals surface area contributed by atoms with E-state index in [9.17, 15) is 14.4 Å². The fraction of sp³-hybridized carbons (Fsp3) is 0.516. The molecule has 6 nitrogen and oxygen atoms in total. The van der Waals surface area contributed by atoms with Crippen LogP contribution in [0.4, 0.5) is 0 Å². The van der Waals surface area contributed by atoms with Gasteiger partial charge in [-0.25, -0.2) is 0 Å². The third-order valence-electron chi connectivity index (χ3n) is 10.5. The van der Waals surface area contributed by atoms with Gasteiger partial charge in [0.2, 0.25) is 0 Å². The van der Waals surface area contributed by atoms with E-state index in [1.807, 2.05) is 6.08 Å². The molecule has 0 bridgehead atoms. The van der Waals surface area contributed by atoms with Gasteiger partial charge >= 0.3 is 17.9 Å². The van der Waals surface area contributed by atoms with Crippen molar-refractivity contribution >= 4 is 17.9 Å². The van der Waals surface area contributed by atoms with E-state index in [1.54, 1.807) is 6.08 Å². The first-order valence-corrected chi connectivity index (χ1v) is 27.1. The Morgan fingerprint density at radius 2 is 0.600 bits per heavy atom. The van der Waals surface area contributed by atoms with Gasteiger partial charge in [-0.15, -0.1) is 0 Å². The van der Waals surface area contributed by atoms with Crippen molar-refractivity contribution in [2.45, 2.75) is 200 Å². The zero-order valence-corrected chi connectivity index (χ0v) is 44.2. The second-order valence-electron chi connectivity index (χ2n) is 17.0. The lowest BCUT2D eigenvalue weighted by molar-refractivity contribution is -0.166. The fourth-order valence-corrected chi connectivity index (χ4v) is 6.47. The van der Waals surface area contributed by atoms with E-state index in [4.69, 9.17) is 14.2 Å². The summed E-state index contributed by atoms with van der Waals surface area (Å²) in [6.45, 7) is 6.18. The topological polar surface area (TPSA) is 78.9 Å². The first-order chi connectivity index (χ1) is 34.5. The summed E-state index contributed by atoms with van der Waals surface area (Å²) >= 11 is 0. The van der Waals surface area contributed by atoms with Crippen LogP contribution in [0.25, 0.3) is 0 Å². The predicted molar refractivity (Wildman–Crippen MR) is 301 cm³/mol. The summed E-state index contributed by atoms with van der Waals surface area (Å²) in [6, 6.07) is 0. The highest BCUT2D eigenvalue weighted by atomic mass is 16.6. The quantitative estimate of drug-likeness (QED) is 0.0262. The minimum atomic E-state index is -0.862.